The van der Waals surface area contributed by atoms with Crippen LogP contribution in [0, 0.1) is 0 Å². The summed E-state index contributed by atoms with van der Waals surface area (Å²) in [5, 5.41) is 7.88. The van der Waals surface area contributed by atoms with E-state index in [2.05, 4.69) is 10.2 Å². The van der Waals surface area contributed by atoms with Crippen molar-refractivity contribution in [2.45, 2.75) is 0 Å². The molecule has 13 heavy (non-hydrogen) atoms. The zero-order valence-electron chi connectivity index (χ0n) is 6.68. The van der Waals surface area contributed by atoms with Gasteiger partial charge in [0, 0.05) is 0 Å². The summed E-state index contributed by atoms with van der Waals surface area (Å²) in [6.45, 7) is 0. The van der Waals surface area contributed by atoms with E-state index in [-0.39, 0.29) is 0 Å². The summed E-state index contributed by atoms with van der Waals surface area (Å²) in [5.74, 6) is 0. The van der Waals surface area contributed by atoms with E-state index in [1.807, 2.05) is 12.1 Å². The molecule has 1 aromatic heterocycles. The second-order valence-corrected chi connectivity index (χ2v) is 2.93. The van der Waals surface area contributed by atoms with Gasteiger partial charge in [-0.3, -0.25) is 4.57 Å². The molecule has 1 aromatic carbocycles. The topological polar surface area (TPSA) is 56.7 Å². The minimum Gasteiger partial charge on any atom is -0.397 e. The first kappa shape index (κ1) is 8.07. The lowest BCUT2D eigenvalue weighted by Crippen LogP contribution is -1.94. The maximum Gasteiger partial charge on any atom is 0.123 e. The summed E-state index contributed by atoms with van der Waals surface area (Å²) in [6.07, 6.45) is 3.14. The molecule has 0 atom stereocenters. The van der Waals surface area contributed by atoms with Crippen LogP contribution in [0.2, 0.25) is 5.02 Å². The van der Waals surface area contributed by atoms with Crippen molar-refractivity contribution in [3.63, 3.8) is 0 Å². The van der Waals surface area contributed by atoms with Crippen molar-refractivity contribution in [1.29, 1.82) is 0 Å². The molecule has 2 N–H and O–H groups in total. The van der Waals surface area contributed by atoms with Gasteiger partial charge in [-0.25, -0.2) is 0 Å². The van der Waals surface area contributed by atoms with Crippen molar-refractivity contribution in [2.24, 2.45) is 0 Å². The normalized spacial score (nSPS) is 10.2. The molecule has 0 aliphatic carbocycles. The maximum atomic E-state index is 5.98. The molecule has 2 aromatic rings. The Morgan fingerprint density at radius 1 is 1.23 bits per heavy atom. The summed E-state index contributed by atoms with van der Waals surface area (Å²) in [4.78, 5) is 0. The molecular weight excluding hydrogens is 188 g/mol. The van der Waals surface area contributed by atoms with E-state index in [1.165, 1.54) is 0 Å². The summed E-state index contributed by atoms with van der Waals surface area (Å²) >= 11 is 5.98. The zero-order chi connectivity index (χ0) is 9.26. The monoisotopic (exact) mass is 194 g/mol. The van der Waals surface area contributed by atoms with E-state index in [9.17, 15) is 0 Å². The predicted octanol–water partition coefficient (Wildman–Crippen LogP) is 1.50. The first-order valence-corrected chi connectivity index (χ1v) is 4.06. The summed E-state index contributed by atoms with van der Waals surface area (Å²) in [5.41, 5.74) is 6.97. The predicted molar refractivity (Wildman–Crippen MR) is 50.8 cm³/mol. The van der Waals surface area contributed by atoms with Crippen LogP contribution in [0.15, 0.2) is 30.9 Å². The third-order valence-corrected chi connectivity index (χ3v) is 2.12. The van der Waals surface area contributed by atoms with Crippen molar-refractivity contribution in [3.8, 4) is 5.69 Å². The van der Waals surface area contributed by atoms with Crippen molar-refractivity contribution < 1.29 is 0 Å². The van der Waals surface area contributed by atoms with E-state index < -0.39 is 0 Å². The van der Waals surface area contributed by atoms with Gasteiger partial charge in [0.1, 0.15) is 12.7 Å². The van der Waals surface area contributed by atoms with Gasteiger partial charge in [-0.1, -0.05) is 17.7 Å². The first-order chi connectivity index (χ1) is 6.29. The number of hydrogen-bond acceptors (Lipinski definition) is 3. The molecule has 0 aliphatic heterocycles. The van der Waals surface area contributed by atoms with Crippen LogP contribution in [0.1, 0.15) is 0 Å². The van der Waals surface area contributed by atoms with Gasteiger partial charge in [0.2, 0.25) is 0 Å². The third-order valence-electron chi connectivity index (χ3n) is 1.71. The van der Waals surface area contributed by atoms with Crippen LogP contribution in [0.5, 0.6) is 0 Å². The van der Waals surface area contributed by atoms with Crippen molar-refractivity contribution in [3.05, 3.63) is 35.9 Å². The molecule has 0 fully saturated rings. The van der Waals surface area contributed by atoms with Gasteiger partial charge >= 0.3 is 0 Å². The minimum atomic E-state index is 0.516. The molecule has 0 bridgehead atoms. The molecule has 1 heterocycles. The van der Waals surface area contributed by atoms with Gasteiger partial charge in [0.05, 0.1) is 16.4 Å². The second kappa shape index (κ2) is 3.06. The summed E-state index contributed by atoms with van der Waals surface area (Å²) < 4.78 is 1.71. The van der Waals surface area contributed by atoms with Crippen LogP contribution in [0.25, 0.3) is 5.69 Å². The Hall–Kier alpha value is -1.55. The molecule has 0 radical (unpaired) electrons. The Balaban J connectivity index is 2.59. The molecule has 0 spiro atoms. The van der Waals surface area contributed by atoms with Gasteiger partial charge in [-0.2, -0.15) is 0 Å². The second-order valence-electron chi connectivity index (χ2n) is 2.55. The van der Waals surface area contributed by atoms with E-state index in [0.717, 1.165) is 5.69 Å². The quantitative estimate of drug-likeness (QED) is 0.700. The number of hydrogen-bond donors (Lipinski definition) is 1. The van der Waals surface area contributed by atoms with Crippen LogP contribution < -0.4 is 5.73 Å². The Morgan fingerprint density at radius 2 is 1.92 bits per heavy atom. The van der Waals surface area contributed by atoms with E-state index in [1.54, 1.807) is 23.3 Å². The van der Waals surface area contributed by atoms with Gasteiger partial charge in [-0.15, -0.1) is 10.2 Å². The van der Waals surface area contributed by atoms with Crippen LogP contribution in [0.4, 0.5) is 5.69 Å². The molecular formula is C8H7ClN4. The number of nitrogens with zero attached hydrogens (tertiary/aromatic N) is 3. The molecule has 0 saturated heterocycles. The summed E-state index contributed by atoms with van der Waals surface area (Å²) in [6, 6.07) is 5.43. The number of nitrogen functional groups attached to an aromatic ring is 1. The lowest BCUT2D eigenvalue weighted by atomic mass is 10.3. The fourth-order valence-electron chi connectivity index (χ4n) is 1.06. The lowest BCUT2D eigenvalue weighted by Gasteiger charge is -2.05. The Labute approximate surface area is 80.0 Å². The fraction of sp³-hybridized carbons (Fsp3) is 0. The number of nitrogens with two attached hydrogens (primary N) is 1. The smallest absolute Gasteiger partial charge is 0.123 e. The number of halogens is 1. The van der Waals surface area contributed by atoms with Gasteiger partial charge < -0.3 is 5.73 Å². The van der Waals surface area contributed by atoms with Crippen molar-refractivity contribution in [2.75, 3.05) is 5.73 Å². The number of rotatable bonds is 1. The molecule has 0 amide bonds. The Bertz CT molecular complexity index is 410. The lowest BCUT2D eigenvalue weighted by molar-refractivity contribution is 1.06. The number of anilines is 1. The molecule has 0 unspecified atom stereocenters. The van der Waals surface area contributed by atoms with Crippen LogP contribution in [-0.4, -0.2) is 14.8 Å². The van der Waals surface area contributed by atoms with Gasteiger partial charge in [0.25, 0.3) is 0 Å². The summed E-state index contributed by atoms with van der Waals surface area (Å²) in [7, 11) is 0. The standard InChI is InChI=1S/C8H7ClN4/c9-8-6(10)2-1-3-7(8)13-4-11-12-5-13/h1-5H,10H2. The van der Waals surface area contributed by atoms with Crippen LogP contribution >= 0.6 is 11.6 Å². The molecule has 2 rings (SSSR count). The van der Waals surface area contributed by atoms with Crippen LogP contribution in [0.3, 0.4) is 0 Å². The molecule has 0 saturated carbocycles. The highest BCUT2D eigenvalue weighted by molar-refractivity contribution is 6.34. The van der Waals surface area contributed by atoms with Crippen LogP contribution in [-0.2, 0) is 0 Å². The highest BCUT2D eigenvalue weighted by Crippen LogP contribution is 2.25. The highest BCUT2D eigenvalue weighted by Gasteiger charge is 2.04. The molecule has 4 nitrogen and oxygen atoms in total. The molecule has 66 valence electrons. The number of benzene rings is 1. The first-order valence-electron chi connectivity index (χ1n) is 3.68. The Kier molecular flexibility index (Phi) is 1.90. The van der Waals surface area contributed by atoms with Gasteiger partial charge in [-0.05, 0) is 12.1 Å². The zero-order valence-corrected chi connectivity index (χ0v) is 7.44. The van der Waals surface area contributed by atoms with Crippen molar-refractivity contribution >= 4 is 17.3 Å². The molecule has 0 aliphatic rings. The largest absolute Gasteiger partial charge is 0.397 e. The third kappa shape index (κ3) is 1.36. The van der Waals surface area contributed by atoms with E-state index in [4.69, 9.17) is 17.3 Å². The molecule has 5 heteroatoms. The average Bonchev–Trinajstić information content (AvgIpc) is 2.62. The minimum absolute atomic E-state index is 0.516. The van der Waals surface area contributed by atoms with E-state index in [0.29, 0.717) is 10.7 Å². The van der Waals surface area contributed by atoms with Crippen molar-refractivity contribution in [1.82, 2.24) is 14.8 Å². The van der Waals surface area contributed by atoms with Gasteiger partial charge in [0.15, 0.2) is 0 Å². The average molecular weight is 195 g/mol. The SMILES string of the molecule is Nc1cccc(-n2cnnc2)c1Cl. The maximum absolute atomic E-state index is 5.98. The van der Waals surface area contributed by atoms with E-state index >= 15 is 0 Å². The number of aromatic nitrogens is 3. The highest BCUT2D eigenvalue weighted by atomic mass is 35.5. The Morgan fingerprint density at radius 3 is 2.62 bits per heavy atom. The fourth-order valence-corrected chi connectivity index (χ4v) is 1.29.